The summed E-state index contributed by atoms with van der Waals surface area (Å²) >= 11 is 0. The van der Waals surface area contributed by atoms with Gasteiger partial charge in [0, 0.05) is 17.7 Å². The SMILES string of the molecule is [2H]C1(C)C=CC2[C@H](C)N(c3ccccc3C)C(c3ccccc3)N21. The molecule has 4 rings (SSSR count). The maximum Gasteiger partial charge on any atom is 0.110 e. The summed E-state index contributed by atoms with van der Waals surface area (Å²) in [6.07, 6.45) is 4.33. The second kappa shape index (κ2) is 5.54. The quantitative estimate of drug-likeness (QED) is 0.752. The van der Waals surface area contributed by atoms with E-state index in [1.807, 2.05) is 13.0 Å². The summed E-state index contributed by atoms with van der Waals surface area (Å²) in [5.41, 5.74) is 3.79. The average Bonchev–Trinajstić information content (AvgIpc) is 3.05. The molecule has 2 nitrogen and oxygen atoms in total. The lowest BCUT2D eigenvalue weighted by Gasteiger charge is -2.35. The van der Waals surface area contributed by atoms with E-state index >= 15 is 0 Å². The van der Waals surface area contributed by atoms with Crippen LogP contribution in [-0.2, 0) is 0 Å². The molecule has 4 atom stereocenters. The summed E-state index contributed by atoms with van der Waals surface area (Å²) in [6.45, 7) is 6.44. The molecule has 2 aromatic rings. The average molecular weight is 305 g/mol. The molecular formula is C21H24N2. The van der Waals surface area contributed by atoms with Crippen molar-refractivity contribution in [2.45, 2.75) is 45.0 Å². The number of nitrogens with zero attached hydrogens (tertiary/aromatic N) is 2. The molecule has 0 spiro atoms. The first-order valence-electron chi connectivity index (χ1n) is 8.87. The number of para-hydroxylation sites is 1. The molecule has 1 fully saturated rings. The van der Waals surface area contributed by atoms with Crippen molar-refractivity contribution in [3.05, 3.63) is 77.9 Å². The van der Waals surface area contributed by atoms with Crippen LogP contribution < -0.4 is 4.90 Å². The van der Waals surface area contributed by atoms with Gasteiger partial charge in [0.1, 0.15) is 6.17 Å². The number of hydrogen-bond acceptors (Lipinski definition) is 2. The van der Waals surface area contributed by atoms with Crippen molar-refractivity contribution in [3.8, 4) is 0 Å². The zero-order valence-electron chi connectivity index (χ0n) is 15.0. The van der Waals surface area contributed by atoms with Crippen molar-refractivity contribution >= 4 is 5.69 Å². The van der Waals surface area contributed by atoms with E-state index in [0.29, 0.717) is 6.04 Å². The minimum atomic E-state index is -0.684. The van der Waals surface area contributed by atoms with E-state index in [1.165, 1.54) is 16.8 Å². The topological polar surface area (TPSA) is 6.48 Å². The van der Waals surface area contributed by atoms with Crippen LogP contribution in [0.3, 0.4) is 0 Å². The lowest BCUT2D eigenvalue weighted by Crippen LogP contribution is -2.36. The predicted molar refractivity (Wildman–Crippen MR) is 96.5 cm³/mol. The molecule has 3 unspecified atom stereocenters. The van der Waals surface area contributed by atoms with Crippen molar-refractivity contribution in [2.75, 3.05) is 4.90 Å². The van der Waals surface area contributed by atoms with Crippen LogP contribution in [0.25, 0.3) is 0 Å². The highest BCUT2D eigenvalue weighted by molar-refractivity contribution is 5.58. The smallest absolute Gasteiger partial charge is 0.110 e. The molecule has 23 heavy (non-hydrogen) atoms. The molecule has 0 aromatic heterocycles. The van der Waals surface area contributed by atoms with E-state index in [-0.39, 0.29) is 12.2 Å². The van der Waals surface area contributed by atoms with E-state index in [0.717, 1.165) is 0 Å². The molecular weight excluding hydrogens is 280 g/mol. The molecule has 1 saturated heterocycles. The molecule has 118 valence electrons. The van der Waals surface area contributed by atoms with Gasteiger partial charge in [0.05, 0.1) is 7.41 Å². The maximum absolute atomic E-state index is 8.80. The summed E-state index contributed by atoms with van der Waals surface area (Å²) in [4.78, 5) is 4.82. The van der Waals surface area contributed by atoms with Crippen molar-refractivity contribution in [2.24, 2.45) is 0 Å². The molecule has 2 aliphatic rings. The van der Waals surface area contributed by atoms with E-state index in [2.05, 4.69) is 84.3 Å². The maximum atomic E-state index is 8.80. The number of benzene rings is 2. The summed E-state index contributed by atoms with van der Waals surface area (Å²) in [7, 11) is 0. The van der Waals surface area contributed by atoms with Crippen LogP contribution in [0.4, 0.5) is 5.69 Å². The fourth-order valence-corrected chi connectivity index (χ4v) is 4.07. The third-order valence-electron chi connectivity index (χ3n) is 5.21. The number of anilines is 1. The second-order valence-corrected chi connectivity index (χ2v) is 6.62. The first-order valence-corrected chi connectivity index (χ1v) is 8.37. The molecule has 2 heterocycles. The summed E-state index contributed by atoms with van der Waals surface area (Å²) in [5, 5.41) is 0. The van der Waals surface area contributed by atoms with Gasteiger partial charge in [-0.15, -0.1) is 0 Å². The minimum absolute atomic E-state index is 0.0739. The number of hydrogen-bond donors (Lipinski definition) is 0. The van der Waals surface area contributed by atoms with E-state index < -0.39 is 6.02 Å². The molecule has 0 aliphatic carbocycles. The van der Waals surface area contributed by atoms with Gasteiger partial charge in [-0.1, -0.05) is 60.7 Å². The van der Waals surface area contributed by atoms with Crippen LogP contribution in [0.1, 0.15) is 32.5 Å². The predicted octanol–water partition coefficient (Wildman–Crippen LogP) is 4.53. The van der Waals surface area contributed by atoms with Crippen molar-refractivity contribution in [1.82, 2.24) is 4.90 Å². The van der Waals surface area contributed by atoms with Gasteiger partial charge in [0.2, 0.25) is 0 Å². The van der Waals surface area contributed by atoms with Crippen LogP contribution in [0.2, 0.25) is 0 Å². The van der Waals surface area contributed by atoms with Crippen LogP contribution in [0.5, 0.6) is 0 Å². The lowest BCUT2D eigenvalue weighted by molar-refractivity contribution is 0.205. The second-order valence-electron chi connectivity index (χ2n) is 6.62. The Balaban J connectivity index is 1.88. The molecule has 0 bridgehead atoms. The highest BCUT2D eigenvalue weighted by atomic mass is 15.5. The summed E-state index contributed by atoms with van der Waals surface area (Å²) < 4.78 is 8.80. The molecule has 0 radical (unpaired) electrons. The summed E-state index contributed by atoms with van der Waals surface area (Å²) in [5.74, 6) is 0. The van der Waals surface area contributed by atoms with Crippen LogP contribution >= 0.6 is 0 Å². The van der Waals surface area contributed by atoms with Gasteiger partial charge in [-0.25, -0.2) is 0 Å². The van der Waals surface area contributed by atoms with E-state index in [9.17, 15) is 0 Å². The molecule has 2 aliphatic heterocycles. The van der Waals surface area contributed by atoms with Gasteiger partial charge in [0.15, 0.2) is 0 Å². The Hall–Kier alpha value is -2.06. The lowest BCUT2D eigenvalue weighted by atomic mass is 10.1. The fourth-order valence-electron chi connectivity index (χ4n) is 4.07. The Morgan fingerprint density at radius 2 is 1.61 bits per heavy atom. The van der Waals surface area contributed by atoms with Crippen LogP contribution in [0, 0.1) is 6.92 Å². The van der Waals surface area contributed by atoms with Gasteiger partial charge >= 0.3 is 0 Å². The van der Waals surface area contributed by atoms with E-state index in [4.69, 9.17) is 1.37 Å². The molecule has 2 aromatic carbocycles. The largest absolute Gasteiger partial charge is 0.347 e. The Kier molecular flexibility index (Phi) is 3.22. The standard InChI is InChI=1S/C21H24N2/c1-15-9-7-8-12-19(15)23-17(3)20-14-13-16(2)22(20)21(23)18-10-5-4-6-11-18/h4-14,16-17,20-21H,1-3H3/t16?,17-,20?,21?/m0/s1/i16D. The Morgan fingerprint density at radius 1 is 0.913 bits per heavy atom. The fraction of sp³-hybridized carbons (Fsp3) is 0.333. The van der Waals surface area contributed by atoms with Crippen molar-refractivity contribution < 1.29 is 1.37 Å². The number of rotatable bonds is 2. The van der Waals surface area contributed by atoms with Crippen molar-refractivity contribution in [3.63, 3.8) is 0 Å². The van der Waals surface area contributed by atoms with Gasteiger partial charge in [0.25, 0.3) is 0 Å². The van der Waals surface area contributed by atoms with Gasteiger partial charge in [-0.2, -0.15) is 0 Å². The minimum Gasteiger partial charge on any atom is -0.347 e. The molecule has 0 amide bonds. The van der Waals surface area contributed by atoms with Gasteiger partial charge in [-0.05, 0) is 38.0 Å². The molecule has 2 heteroatoms. The number of aryl methyl sites for hydroxylation is 1. The zero-order chi connectivity index (χ0) is 16.9. The Bertz CT molecular complexity index is 768. The van der Waals surface area contributed by atoms with Gasteiger partial charge < -0.3 is 4.90 Å². The molecule has 0 saturated carbocycles. The third kappa shape index (κ3) is 2.21. The number of fused-ring (bicyclic) bond motifs is 1. The highest BCUT2D eigenvalue weighted by Gasteiger charge is 2.48. The Labute approximate surface area is 140 Å². The third-order valence-corrected chi connectivity index (χ3v) is 5.21. The van der Waals surface area contributed by atoms with Gasteiger partial charge in [-0.3, -0.25) is 4.90 Å². The first kappa shape index (κ1) is 13.4. The molecule has 0 N–H and O–H groups in total. The monoisotopic (exact) mass is 305 g/mol. The van der Waals surface area contributed by atoms with Crippen LogP contribution in [0.15, 0.2) is 66.7 Å². The van der Waals surface area contributed by atoms with Crippen molar-refractivity contribution in [1.29, 1.82) is 0 Å². The zero-order valence-corrected chi connectivity index (χ0v) is 14.0. The first-order chi connectivity index (χ1) is 11.5. The summed E-state index contributed by atoms with van der Waals surface area (Å²) in [6, 6.07) is 19.1. The van der Waals surface area contributed by atoms with Crippen LogP contribution in [-0.4, -0.2) is 23.0 Å². The van der Waals surface area contributed by atoms with E-state index in [1.54, 1.807) is 0 Å². The normalized spacial score (nSPS) is 33.8. The highest BCUT2D eigenvalue weighted by Crippen LogP contribution is 2.45. The Morgan fingerprint density at radius 3 is 2.35 bits per heavy atom.